The van der Waals surface area contributed by atoms with Crippen molar-refractivity contribution in [3.8, 4) is 11.8 Å². The van der Waals surface area contributed by atoms with Crippen LogP contribution < -0.4 is 5.73 Å². The van der Waals surface area contributed by atoms with E-state index in [-0.39, 0.29) is 25.1 Å². The van der Waals surface area contributed by atoms with Gasteiger partial charge in [-0.1, -0.05) is 17.9 Å². The SMILES string of the molecule is CC(C)OCCOCc1ccc(C#CCN)cc1F. The molecule has 104 valence electrons. The van der Waals surface area contributed by atoms with Gasteiger partial charge in [-0.05, 0) is 26.0 Å². The van der Waals surface area contributed by atoms with Crippen LogP contribution in [0.25, 0.3) is 0 Å². The van der Waals surface area contributed by atoms with Crippen molar-refractivity contribution in [1.82, 2.24) is 0 Å². The van der Waals surface area contributed by atoms with E-state index in [1.54, 1.807) is 12.1 Å². The molecule has 2 N–H and O–H groups in total. The van der Waals surface area contributed by atoms with E-state index in [1.165, 1.54) is 6.07 Å². The Morgan fingerprint density at radius 2 is 2.11 bits per heavy atom. The van der Waals surface area contributed by atoms with Gasteiger partial charge in [0, 0.05) is 11.1 Å². The lowest BCUT2D eigenvalue weighted by Crippen LogP contribution is -2.09. The van der Waals surface area contributed by atoms with E-state index >= 15 is 0 Å². The van der Waals surface area contributed by atoms with E-state index < -0.39 is 0 Å². The predicted molar refractivity (Wildman–Crippen MR) is 73.1 cm³/mol. The topological polar surface area (TPSA) is 44.5 Å². The van der Waals surface area contributed by atoms with Gasteiger partial charge >= 0.3 is 0 Å². The van der Waals surface area contributed by atoms with Crippen LogP contribution in [0, 0.1) is 17.7 Å². The molecule has 0 fully saturated rings. The Labute approximate surface area is 113 Å². The molecular weight excluding hydrogens is 245 g/mol. The number of halogens is 1. The van der Waals surface area contributed by atoms with Gasteiger partial charge in [0.25, 0.3) is 0 Å². The first-order valence-electron chi connectivity index (χ1n) is 6.30. The van der Waals surface area contributed by atoms with Crippen LogP contribution in [-0.2, 0) is 16.1 Å². The lowest BCUT2D eigenvalue weighted by Gasteiger charge is -2.08. The van der Waals surface area contributed by atoms with Crippen molar-refractivity contribution in [2.24, 2.45) is 5.73 Å². The second kappa shape index (κ2) is 8.65. The summed E-state index contributed by atoms with van der Waals surface area (Å²) in [4.78, 5) is 0. The third-order valence-corrected chi connectivity index (χ3v) is 2.32. The third kappa shape index (κ3) is 6.35. The minimum Gasteiger partial charge on any atom is -0.376 e. The molecule has 19 heavy (non-hydrogen) atoms. The molecule has 1 aromatic carbocycles. The quantitative estimate of drug-likeness (QED) is 0.632. The second-order valence-electron chi connectivity index (χ2n) is 4.28. The fourth-order valence-electron chi connectivity index (χ4n) is 1.42. The fourth-order valence-corrected chi connectivity index (χ4v) is 1.42. The molecular formula is C15H20FNO2. The number of rotatable bonds is 6. The normalized spacial score (nSPS) is 10.4. The fraction of sp³-hybridized carbons (Fsp3) is 0.467. The van der Waals surface area contributed by atoms with Crippen molar-refractivity contribution < 1.29 is 13.9 Å². The predicted octanol–water partition coefficient (Wildman–Crippen LogP) is 2.08. The Kier molecular flexibility index (Phi) is 7.12. The molecule has 1 aromatic rings. The summed E-state index contributed by atoms with van der Waals surface area (Å²) in [6.45, 7) is 5.38. The minimum atomic E-state index is -0.311. The van der Waals surface area contributed by atoms with E-state index in [1.807, 2.05) is 13.8 Å². The van der Waals surface area contributed by atoms with Crippen molar-refractivity contribution in [3.05, 3.63) is 35.1 Å². The summed E-state index contributed by atoms with van der Waals surface area (Å²) in [5, 5.41) is 0. The van der Waals surface area contributed by atoms with Crippen molar-refractivity contribution in [2.45, 2.75) is 26.6 Å². The smallest absolute Gasteiger partial charge is 0.129 e. The zero-order chi connectivity index (χ0) is 14.1. The van der Waals surface area contributed by atoms with Crippen LogP contribution in [0.1, 0.15) is 25.0 Å². The Morgan fingerprint density at radius 3 is 2.74 bits per heavy atom. The average molecular weight is 265 g/mol. The first-order valence-corrected chi connectivity index (χ1v) is 6.30. The molecule has 0 amide bonds. The molecule has 0 saturated carbocycles. The van der Waals surface area contributed by atoms with Crippen LogP contribution in [0.5, 0.6) is 0 Å². The largest absolute Gasteiger partial charge is 0.376 e. The van der Waals surface area contributed by atoms with Gasteiger partial charge in [0.05, 0.1) is 32.5 Å². The molecule has 0 aliphatic carbocycles. The molecule has 0 unspecified atom stereocenters. The first-order chi connectivity index (χ1) is 9.13. The lowest BCUT2D eigenvalue weighted by atomic mass is 10.1. The summed E-state index contributed by atoms with van der Waals surface area (Å²) in [6.07, 6.45) is 0.181. The van der Waals surface area contributed by atoms with Crippen LogP contribution in [-0.4, -0.2) is 25.9 Å². The maximum atomic E-state index is 13.7. The lowest BCUT2D eigenvalue weighted by molar-refractivity contribution is 0.0137. The minimum absolute atomic E-state index is 0.181. The van der Waals surface area contributed by atoms with Gasteiger partial charge in [0.15, 0.2) is 0 Å². The first kappa shape index (κ1) is 15.6. The van der Waals surface area contributed by atoms with E-state index in [0.29, 0.717) is 24.3 Å². The molecule has 0 spiro atoms. The highest BCUT2D eigenvalue weighted by Gasteiger charge is 2.03. The van der Waals surface area contributed by atoms with Crippen LogP contribution in [0.4, 0.5) is 4.39 Å². The Bertz CT molecular complexity index is 449. The number of hydrogen-bond donors (Lipinski definition) is 1. The van der Waals surface area contributed by atoms with Crippen LogP contribution in [0.2, 0.25) is 0 Å². The van der Waals surface area contributed by atoms with Crippen molar-refractivity contribution in [2.75, 3.05) is 19.8 Å². The Balaban J connectivity index is 2.42. The molecule has 0 atom stereocenters. The maximum absolute atomic E-state index is 13.7. The summed E-state index contributed by atoms with van der Waals surface area (Å²) in [5.74, 6) is 5.16. The van der Waals surface area contributed by atoms with E-state index in [4.69, 9.17) is 15.2 Å². The van der Waals surface area contributed by atoms with Gasteiger partial charge in [-0.3, -0.25) is 0 Å². The standard InChI is InChI=1S/C15H20FNO2/c1-12(2)19-9-8-18-11-14-6-5-13(4-3-7-17)10-15(14)16/h5-6,10,12H,7-9,11,17H2,1-2H3. The van der Waals surface area contributed by atoms with Crippen LogP contribution >= 0.6 is 0 Å². The van der Waals surface area contributed by atoms with Gasteiger partial charge in [-0.15, -0.1) is 0 Å². The Morgan fingerprint density at radius 1 is 1.32 bits per heavy atom. The van der Waals surface area contributed by atoms with E-state index in [0.717, 1.165) is 0 Å². The van der Waals surface area contributed by atoms with Crippen LogP contribution in [0.3, 0.4) is 0 Å². The van der Waals surface area contributed by atoms with Gasteiger partial charge in [0.2, 0.25) is 0 Å². The van der Waals surface area contributed by atoms with Gasteiger partial charge < -0.3 is 15.2 Å². The molecule has 0 bridgehead atoms. The highest BCUT2D eigenvalue weighted by atomic mass is 19.1. The molecule has 0 aromatic heterocycles. The van der Waals surface area contributed by atoms with Gasteiger partial charge in [-0.2, -0.15) is 0 Å². The highest BCUT2D eigenvalue weighted by Crippen LogP contribution is 2.11. The Hall–Kier alpha value is -1.41. The number of nitrogens with two attached hydrogens (primary N) is 1. The molecule has 0 radical (unpaired) electrons. The van der Waals surface area contributed by atoms with E-state index in [9.17, 15) is 4.39 Å². The number of hydrogen-bond acceptors (Lipinski definition) is 3. The highest BCUT2D eigenvalue weighted by molar-refractivity contribution is 5.37. The van der Waals surface area contributed by atoms with Crippen molar-refractivity contribution >= 4 is 0 Å². The van der Waals surface area contributed by atoms with E-state index in [2.05, 4.69) is 11.8 Å². The summed E-state index contributed by atoms with van der Waals surface area (Å²) < 4.78 is 24.4. The second-order valence-corrected chi connectivity index (χ2v) is 4.28. The number of benzene rings is 1. The number of ether oxygens (including phenoxy) is 2. The third-order valence-electron chi connectivity index (χ3n) is 2.32. The zero-order valence-electron chi connectivity index (χ0n) is 11.4. The van der Waals surface area contributed by atoms with Crippen LogP contribution in [0.15, 0.2) is 18.2 Å². The van der Waals surface area contributed by atoms with Crippen molar-refractivity contribution in [3.63, 3.8) is 0 Å². The molecule has 0 aliphatic heterocycles. The van der Waals surface area contributed by atoms with Gasteiger partial charge in [0.1, 0.15) is 5.82 Å². The molecule has 0 aliphatic rings. The summed E-state index contributed by atoms with van der Waals surface area (Å²) in [7, 11) is 0. The molecule has 0 saturated heterocycles. The molecule has 0 heterocycles. The molecule has 1 rings (SSSR count). The maximum Gasteiger partial charge on any atom is 0.129 e. The zero-order valence-corrected chi connectivity index (χ0v) is 11.4. The summed E-state index contributed by atoms with van der Waals surface area (Å²) >= 11 is 0. The summed E-state index contributed by atoms with van der Waals surface area (Å²) in [6, 6.07) is 4.83. The monoisotopic (exact) mass is 265 g/mol. The molecule has 3 nitrogen and oxygen atoms in total. The summed E-state index contributed by atoms with van der Waals surface area (Å²) in [5.41, 5.74) is 6.40. The van der Waals surface area contributed by atoms with Gasteiger partial charge in [-0.25, -0.2) is 4.39 Å². The molecule has 4 heteroatoms. The van der Waals surface area contributed by atoms with Crippen molar-refractivity contribution in [1.29, 1.82) is 0 Å². The average Bonchev–Trinajstić information content (AvgIpc) is 2.37.